The number of aryl methyl sites for hydroxylation is 2. The highest BCUT2D eigenvalue weighted by molar-refractivity contribution is 6.05. The number of anilines is 1. The van der Waals surface area contributed by atoms with Crippen LogP contribution in [-0.2, 0) is 7.05 Å². The summed E-state index contributed by atoms with van der Waals surface area (Å²) in [5, 5.41) is 4.48. The lowest BCUT2D eigenvalue weighted by Gasteiger charge is -2.22. The van der Waals surface area contributed by atoms with Crippen LogP contribution in [0.25, 0.3) is 0 Å². The van der Waals surface area contributed by atoms with Crippen LogP contribution < -0.4 is 4.90 Å². The Bertz CT molecular complexity index is 673. The standard InChI is InChI=1S/C16H20N4O/c1-4-20(14-6-5-9-17-11(14)2)16(21)15-10-13(12-7-8-12)18-19(15)3/h5-6,9-10,12H,4,7-8H2,1-3H3. The van der Waals surface area contributed by atoms with Crippen LogP contribution in [0.1, 0.15) is 47.6 Å². The summed E-state index contributed by atoms with van der Waals surface area (Å²) in [6.07, 6.45) is 4.11. The lowest BCUT2D eigenvalue weighted by molar-refractivity contribution is 0.0979. The Morgan fingerprint density at radius 3 is 2.86 bits per heavy atom. The van der Waals surface area contributed by atoms with Crippen molar-refractivity contribution in [3.05, 3.63) is 41.5 Å². The maximum Gasteiger partial charge on any atom is 0.276 e. The molecule has 0 bridgehead atoms. The monoisotopic (exact) mass is 284 g/mol. The number of rotatable bonds is 4. The third kappa shape index (κ3) is 2.55. The predicted molar refractivity (Wildman–Crippen MR) is 81.5 cm³/mol. The number of hydrogen-bond acceptors (Lipinski definition) is 3. The Morgan fingerprint density at radius 1 is 1.48 bits per heavy atom. The first-order valence-electron chi connectivity index (χ1n) is 7.39. The normalized spacial score (nSPS) is 14.2. The molecule has 1 fully saturated rings. The lowest BCUT2D eigenvalue weighted by Crippen LogP contribution is -2.32. The van der Waals surface area contributed by atoms with E-state index in [1.165, 1.54) is 12.8 Å². The highest BCUT2D eigenvalue weighted by atomic mass is 16.2. The zero-order valence-electron chi connectivity index (χ0n) is 12.7. The molecule has 1 saturated carbocycles. The van der Waals surface area contributed by atoms with Gasteiger partial charge in [-0.15, -0.1) is 0 Å². The first-order valence-corrected chi connectivity index (χ1v) is 7.39. The summed E-state index contributed by atoms with van der Waals surface area (Å²) in [5.41, 5.74) is 3.40. The zero-order valence-corrected chi connectivity index (χ0v) is 12.7. The number of carbonyl (C=O) groups is 1. The lowest BCUT2D eigenvalue weighted by atomic mass is 10.2. The van der Waals surface area contributed by atoms with Gasteiger partial charge >= 0.3 is 0 Å². The molecule has 5 nitrogen and oxygen atoms in total. The number of hydrogen-bond donors (Lipinski definition) is 0. The molecular formula is C16H20N4O. The van der Waals surface area contributed by atoms with Gasteiger partial charge in [0.05, 0.1) is 17.1 Å². The number of amides is 1. The smallest absolute Gasteiger partial charge is 0.276 e. The molecule has 0 unspecified atom stereocenters. The molecule has 2 aromatic heterocycles. The Balaban J connectivity index is 1.94. The average molecular weight is 284 g/mol. The summed E-state index contributed by atoms with van der Waals surface area (Å²) in [7, 11) is 1.84. The summed E-state index contributed by atoms with van der Waals surface area (Å²) in [6, 6.07) is 5.73. The van der Waals surface area contributed by atoms with E-state index < -0.39 is 0 Å². The summed E-state index contributed by atoms with van der Waals surface area (Å²) in [6.45, 7) is 4.50. The quantitative estimate of drug-likeness (QED) is 0.867. The molecule has 2 heterocycles. The van der Waals surface area contributed by atoms with Crippen LogP contribution in [0.3, 0.4) is 0 Å². The Labute approximate surface area is 124 Å². The first kappa shape index (κ1) is 13.8. The summed E-state index contributed by atoms with van der Waals surface area (Å²) >= 11 is 0. The molecular weight excluding hydrogens is 264 g/mol. The molecule has 5 heteroatoms. The fourth-order valence-electron chi connectivity index (χ4n) is 2.59. The molecule has 2 aromatic rings. The SMILES string of the molecule is CCN(C(=O)c1cc(C2CC2)nn1C)c1cccnc1C. The van der Waals surface area contributed by atoms with Crippen LogP contribution in [0.4, 0.5) is 5.69 Å². The van der Waals surface area contributed by atoms with Crippen molar-refractivity contribution < 1.29 is 4.79 Å². The second-order valence-electron chi connectivity index (χ2n) is 5.51. The molecule has 110 valence electrons. The molecule has 3 rings (SSSR count). The van der Waals surface area contributed by atoms with E-state index >= 15 is 0 Å². The van der Waals surface area contributed by atoms with Crippen molar-refractivity contribution in [3.63, 3.8) is 0 Å². The van der Waals surface area contributed by atoms with Crippen molar-refractivity contribution in [2.45, 2.75) is 32.6 Å². The number of nitrogens with zero attached hydrogens (tertiary/aromatic N) is 4. The highest BCUT2D eigenvalue weighted by Gasteiger charge is 2.29. The van der Waals surface area contributed by atoms with E-state index in [0.29, 0.717) is 18.2 Å². The first-order chi connectivity index (χ1) is 10.1. The van der Waals surface area contributed by atoms with Crippen LogP contribution in [0.2, 0.25) is 0 Å². The molecule has 21 heavy (non-hydrogen) atoms. The van der Waals surface area contributed by atoms with Gasteiger partial charge in [0.1, 0.15) is 5.69 Å². The second-order valence-corrected chi connectivity index (χ2v) is 5.51. The molecule has 0 radical (unpaired) electrons. The van der Waals surface area contributed by atoms with Crippen molar-refractivity contribution in [2.24, 2.45) is 7.05 Å². The Morgan fingerprint density at radius 2 is 2.24 bits per heavy atom. The van der Waals surface area contributed by atoms with E-state index in [1.807, 2.05) is 39.1 Å². The van der Waals surface area contributed by atoms with Crippen molar-refractivity contribution in [2.75, 3.05) is 11.4 Å². The van der Waals surface area contributed by atoms with Gasteiger partial charge in [0.2, 0.25) is 0 Å². The number of carbonyl (C=O) groups excluding carboxylic acids is 1. The maximum absolute atomic E-state index is 12.8. The van der Waals surface area contributed by atoms with Gasteiger partial charge in [0, 0.05) is 25.7 Å². The van der Waals surface area contributed by atoms with E-state index in [1.54, 1.807) is 15.8 Å². The topological polar surface area (TPSA) is 51.0 Å². The molecule has 0 aromatic carbocycles. The molecule has 0 N–H and O–H groups in total. The van der Waals surface area contributed by atoms with Gasteiger partial charge in [-0.1, -0.05) is 0 Å². The summed E-state index contributed by atoms with van der Waals surface area (Å²) in [5.74, 6) is 0.531. The van der Waals surface area contributed by atoms with Gasteiger partial charge in [0.25, 0.3) is 5.91 Å². The minimum atomic E-state index is -0.0181. The summed E-state index contributed by atoms with van der Waals surface area (Å²) in [4.78, 5) is 18.9. The molecule has 0 spiro atoms. The van der Waals surface area contributed by atoms with E-state index in [0.717, 1.165) is 17.1 Å². The fourth-order valence-corrected chi connectivity index (χ4v) is 2.59. The molecule has 1 amide bonds. The van der Waals surface area contributed by atoms with Gasteiger partial charge < -0.3 is 4.90 Å². The van der Waals surface area contributed by atoms with Crippen molar-refractivity contribution >= 4 is 11.6 Å². The summed E-state index contributed by atoms with van der Waals surface area (Å²) < 4.78 is 1.70. The second kappa shape index (κ2) is 5.31. The minimum absolute atomic E-state index is 0.0181. The maximum atomic E-state index is 12.8. The molecule has 1 aliphatic carbocycles. The third-order valence-electron chi connectivity index (χ3n) is 3.94. The van der Waals surface area contributed by atoms with Crippen LogP contribution in [0.5, 0.6) is 0 Å². The molecule has 0 saturated heterocycles. The molecule has 0 aliphatic heterocycles. The van der Waals surface area contributed by atoms with Crippen LogP contribution in [0.15, 0.2) is 24.4 Å². The van der Waals surface area contributed by atoms with E-state index in [9.17, 15) is 4.79 Å². The van der Waals surface area contributed by atoms with E-state index in [4.69, 9.17) is 0 Å². The van der Waals surface area contributed by atoms with Gasteiger partial charge in [-0.25, -0.2) is 0 Å². The average Bonchev–Trinajstić information content (AvgIpc) is 3.24. The molecule has 0 atom stereocenters. The predicted octanol–water partition coefficient (Wildman–Crippen LogP) is 2.67. The van der Waals surface area contributed by atoms with Crippen LogP contribution >= 0.6 is 0 Å². The van der Waals surface area contributed by atoms with Crippen molar-refractivity contribution in [1.82, 2.24) is 14.8 Å². The van der Waals surface area contributed by atoms with Gasteiger partial charge in [-0.3, -0.25) is 14.5 Å². The number of pyridine rings is 1. The van der Waals surface area contributed by atoms with Crippen LogP contribution in [-0.4, -0.2) is 27.2 Å². The van der Waals surface area contributed by atoms with Crippen LogP contribution in [0, 0.1) is 6.92 Å². The number of aromatic nitrogens is 3. The Hall–Kier alpha value is -2.17. The van der Waals surface area contributed by atoms with Gasteiger partial charge in [0.15, 0.2) is 0 Å². The minimum Gasteiger partial charge on any atom is -0.306 e. The van der Waals surface area contributed by atoms with E-state index in [-0.39, 0.29) is 5.91 Å². The third-order valence-corrected chi connectivity index (χ3v) is 3.94. The van der Waals surface area contributed by atoms with Crippen molar-refractivity contribution in [3.8, 4) is 0 Å². The van der Waals surface area contributed by atoms with E-state index in [2.05, 4.69) is 10.1 Å². The fraction of sp³-hybridized carbons (Fsp3) is 0.438. The Kier molecular flexibility index (Phi) is 3.49. The van der Waals surface area contributed by atoms with Gasteiger partial charge in [-0.2, -0.15) is 5.10 Å². The molecule has 1 aliphatic rings. The van der Waals surface area contributed by atoms with Crippen molar-refractivity contribution in [1.29, 1.82) is 0 Å². The highest BCUT2D eigenvalue weighted by Crippen LogP contribution is 2.39. The zero-order chi connectivity index (χ0) is 15.0. The van der Waals surface area contributed by atoms with Gasteiger partial charge in [-0.05, 0) is 44.9 Å². The largest absolute Gasteiger partial charge is 0.306 e.